The van der Waals surface area contributed by atoms with Crippen LogP contribution in [0.5, 0.6) is 0 Å². The summed E-state index contributed by atoms with van der Waals surface area (Å²) in [6.07, 6.45) is 10.8. The van der Waals surface area contributed by atoms with Gasteiger partial charge >= 0.3 is 0 Å². The summed E-state index contributed by atoms with van der Waals surface area (Å²) >= 11 is 0. The zero-order chi connectivity index (χ0) is 13.2. The van der Waals surface area contributed by atoms with Crippen molar-refractivity contribution in [2.75, 3.05) is 0 Å². The fourth-order valence-corrected chi connectivity index (χ4v) is 2.93. The molecule has 2 aromatic heterocycles. The van der Waals surface area contributed by atoms with Crippen molar-refractivity contribution < 1.29 is 0 Å². The van der Waals surface area contributed by atoms with E-state index in [1.165, 1.54) is 19.3 Å². The van der Waals surface area contributed by atoms with Gasteiger partial charge in [0.2, 0.25) is 0 Å². The molecule has 2 heterocycles. The minimum atomic E-state index is 0.0649. The van der Waals surface area contributed by atoms with Gasteiger partial charge < -0.3 is 0 Å². The van der Waals surface area contributed by atoms with Gasteiger partial charge in [-0.25, -0.2) is 14.3 Å². The highest BCUT2D eigenvalue weighted by atomic mass is 16.1. The van der Waals surface area contributed by atoms with Crippen molar-refractivity contribution in [2.24, 2.45) is 0 Å². The van der Waals surface area contributed by atoms with Gasteiger partial charge in [-0.3, -0.25) is 9.78 Å². The maximum Gasteiger partial charge on any atom is 0.267 e. The van der Waals surface area contributed by atoms with E-state index in [9.17, 15) is 4.79 Å². The van der Waals surface area contributed by atoms with Crippen LogP contribution >= 0.6 is 0 Å². The molecule has 0 unspecified atom stereocenters. The number of nitrogens with zero attached hydrogens (tertiary/aromatic N) is 4. The van der Waals surface area contributed by atoms with Crippen LogP contribution in [0.15, 0.2) is 29.5 Å². The fourth-order valence-electron chi connectivity index (χ4n) is 2.93. The van der Waals surface area contributed by atoms with Gasteiger partial charge in [0.15, 0.2) is 5.82 Å². The Morgan fingerprint density at radius 1 is 1.21 bits per heavy atom. The SMILES string of the molecule is Cc1cc(=O)n(C2CCCCC2)n1-c1cnccn1. The lowest BCUT2D eigenvalue weighted by Gasteiger charge is -2.25. The lowest BCUT2D eigenvalue weighted by Crippen LogP contribution is -2.29. The highest BCUT2D eigenvalue weighted by Crippen LogP contribution is 2.27. The van der Waals surface area contributed by atoms with E-state index in [1.54, 1.807) is 24.7 Å². The van der Waals surface area contributed by atoms with Crippen molar-refractivity contribution >= 4 is 0 Å². The first-order valence-corrected chi connectivity index (χ1v) is 6.85. The van der Waals surface area contributed by atoms with E-state index < -0.39 is 0 Å². The largest absolute Gasteiger partial charge is 0.268 e. The Bertz CT molecular complexity index is 608. The Morgan fingerprint density at radius 2 is 2.00 bits per heavy atom. The van der Waals surface area contributed by atoms with E-state index in [2.05, 4.69) is 9.97 Å². The molecule has 0 amide bonds. The third-order valence-corrected chi connectivity index (χ3v) is 3.79. The molecule has 0 aromatic carbocycles. The van der Waals surface area contributed by atoms with Gasteiger partial charge in [-0.2, -0.15) is 0 Å². The molecule has 3 rings (SSSR count). The van der Waals surface area contributed by atoms with E-state index in [0.29, 0.717) is 5.82 Å². The number of aromatic nitrogens is 4. The summed E-state index contributed by atoms with van der Waals surface area (Å²) in [5, 5.41) is 0. The standard InChI is InChI=1S/C14H18N4O/c1-11-9-14(19)18(12-5-3-2-4-6-12)17(11)13-10-15-7-8-16-13/h7-10,12H,2-6H2,1H3. The predicted octanol–water partition coefficient (Wildman–Crippen LogP) is 2.24. The van der Waals surface area contributed by atoms with Gasteiger partial charge in [0.05, 0.1) is 12.2 Å². The Kier molecular flexibility index (Phi) is 3.19. The number of rotatable bonds is 2. The molecule has 1 saturated carbocycles. The Labute approximate surface area is 111 Å². The zero-order valence-corrected chi connectivity index (χ0v) is 11.1. The minimum Gasteiger partial charge on any atom is -0.268 e. The van der Waals surface area contributed by atoms with Crippen molar-refractivity contribution in [1.82, 2.24) is 19.3 Å². The van der Waals surface area contributed by atoms with E-state index in [4.69, 9.17) is 0 Å². The van der Waals surface area contributed by atoms with Crippen LogP contribution in [0, 0.1) is 6.92 Å². The molecule has 0 spiro atoms. The number of hydrogen-bond acceptors (Lipinski definition) is 3. The molecule has 1 aliphatic carbocycles. The first-order chi connectivity index (χ1) is 9.27. The average Bonchev–Trinajstić information content (AvgIpc) is 2.75. The van der Waals surface area contributed by atoms with Crippen LogP contribution < -0.4 is 5.56 Å². The van der Waals surface area contributed by atoms with Gasteiger partial charge in [-0.1, -0.05) is 19.3 Å². The summed E-state index contributed by atoms with van der Waals surface area (Å²) < 4.78 is 3.77. The molecule has 100 valence electrons. The molecule has 1 aliphatic rings. The quantitative estimate of drug-likeness (QED) is 0.830. The summed E-state index contributed by atoms with van der Waals surface area (Å²) in [5.74, 6) is 0.715. The van der Waals surface area contributed by atoms with Crippen molar-refractivity contribution in [3.63, 3.8) is 0 Å². The van der Waals surface area contributed by atoms with Crippen LogP contribution in [0.2, 0.25) is 0 Å². The third-order valence-electron chi connectivity index (χ3n) is 3.79. The van der Waals surface area contributed by atoms with E-state index in [-0.39, 0.29) is 11.6 Å². The molecular formula is C14H18N4O. The lowest BCUT2D eigenvalue weighted by molar-refractivity contribution is 0.303. The van der Waals surface area contributed by atoms with E-state index in [1.807, 2.05) is 16.3 Å². The Hall–Kier alpha value is -1.91. The molecule has 5 nitrogen and oxygen atoms in total. The van der Waals surface area contributed by atoms with Crippen molar-refractivity contribution in [1.29, 1.82) is 0 Å². The molecule has 2 aromatic rings. The molecule has 0 atom stereocenters. The highest BCUT2D eigenvalue weighted by Gasteiger charge is 2.21. The summed E-state index contributed by atoms with van der Waals surface area (Å²) in [6, 6.07) is 1.97. The second-order valence-electron chi connectivity index (χ2n) is 5.14. The van der Waals surface area contributed by atoms with Crippen molar-refractivity contribution in [3.05, 3.63) is 40.7 Å². The topological polar surface area (TPSA) is 52.7 Å². The molecular weight excluding hydrogens is 240 g/mol. The first-order valence-electron chi connectivity index (χ1n) is 6.85. The Morgan fingerprint density at radius 3 is 2.68 bits per heavy atom. The van der Waals surface area contributed by atoms with Crippen LogP contribution in [0.3, 0.4) is 0 Å². The number of aryl methyl sites for hydroxylation is 1. The summed E-state index contributed by atoms with van der Waals surface area (Å²) in [5.41, 5.74) is 0.978. The zero-order valence-electron chi connectivity index (χ0n) is 11.1. The molecule has 19 heavy (non-hydrogen) atoms. The summed E-state index contributed by atoms with van der Waals surface area (Å²) in [4.78, 5) is 20.6. The van der Waals surface area contributed by atoms with Gasteiger partial charge in [0, 0.05) is 24.2 Å². The second-order valence-corrected chi connectivity index (χ2v) is 5.14. The fraction of sp³-hybridized carbons (Fsp3) is 0.500. The van der Waals surface area contributed by atoms with Crippen LogP contribution in [-0.4, -0.2) is 19.3 Å². The monoisotopic (exact) mass is 258 g/mol. The highest BCUT2D eigenvalue weighted by molar-refractivity contribution is 5.21. The molecule has 0 N–H and O–H groups in total. The lowest BCUT2D eigenvalue weighted by atomic mass is 9.96. The van der Waals surface area contributed by atoms with Crippen LogP contribution in [0.25, 0.3) is 5.82 Å². The van der Waals surface area contributed by atoms with Gasteiger partial charge in [-0.15, -0.1) is 0 Å². The molecule has 1 fully saturated rings. The van der Waals surface area contributed by atoms with E-state index in [0.717, 1.165) is 18.5 Å². The third kappa shape index (κ3) is 2.20. The van der Waals surface area contributed by atoms with Gasteiger partial charge in [0.25, 0.3) is 5.56 Å². The second kappa shape index (κ2) is 4.99. The van der Waals surface area contributed by atoms with Crippen molar-refractivity contribution in [2.45, 2.75) is 45.1 Å². The van der Waals surface area contributed by atoms with Gasteiger partial charge in [-0.05, 0) is 19.8 Å². The summed E-state index contributed by atoms with van der Waals surface area (Å²) in [7, 11) is 0. The maximum atomic E-state index is 12.2. The first kappa shape index (κ1) is 12.1. The predicted molar refractivity (Wildman–Crippen MR) is 72.5 cm³/mol. The van der Waals surface area contributed by atoms with Crippen LogP contribution in [0.1, 0.15) is 43.8 Å². The summed E-state index contributed by atoms with van der Waals surface area (Å²) in [6.45, 7) is 1.94. The molecule has 0 aliphatic heterocycles. The molecule has 5 heteroatoms. The normalized spacial score (nSPS) is 16.7. The smallest absolute Gasteiger partial charge is 0.267 e. The minimum absolute atomic E-state index is 0.0649. The molecule has 0 saturated heterocycles. The number of hydrogen-bond donors (Lipinski definition) is 0. The van der Waals surface area contributed by atoms with Gasteiger partial charge in [0.1, 0.15) is 0 Å². The molecule has 0 bridgehead atoms. The van der Waals surface area contributed by atoms with Crippen LogP contribution in [0.4, 0.5) is 0 Å². The maximum absolute atomic E-state index is 12.2. The van der Waals surface area contributed by atoms with Crippen LogP contribution in [-0.2, 0) is 0 Å². The average molecular weight is 258 g/mol. The van der Waals surface area contributed by atoms with Crippen molar-refractivity contribution in [3.8, 4) is 5.82 Å². The Balaban J connectivity index is 2.11. The van der Waals surface area contributed by atoms with E-state index >= 15 is 0 Å². The molecule has 0 radical (unpaired) electrons.